The molecule has 35 heavy (non-hydrogen) atoms. The van der Waals surface area contributed by atoms with E-state index in [-0.39, 0.29) is 18.4 Å². The van der Waals surface area contributed by atoms with Gasteiger partial charge in [-0.25, -0.2) is 0 Å². The van der Waals surface area contributed by atoms with E-state index in [0.717, 1.165) is 57.8 Å². The third kappa shape index (κ3) is 3.94. The van der Waals surface area contributed by atoms with Crippen molar-refractivity contribution in [2.45, 2.75) is 32.2 Å². The van der Waals surface area contributed by atoms with Gasteiger partial charge in [0.05, 0.1) is 36.2 Å². The average Bonchev–Trinajstić information content (AvgIpc) is 3.31. The Labute approximate surface area is 205 Å². The molecule has 1 saturated heterocycles. The summed E-state index contributed by atoms with van der Waals surface area (Å²) < 4.78 is 11.9. The number of fused-ring (bicyclic) bond motifs is 2. The third-order valence-corrected chi connectivity index (χ3v) is 6.88. The zero-order valence-corrected chi connectivity index (χ0v) is 20.3. The lowest BCUT2D eigenvalue weighted by Crippen LogP contribution is -2.45. The molecule has 0 unspecified atom stereocenters. The number of hydrogen-bond acceptors (Lipinski definition) is 6. The molecule has 0 saturated carbocycles. The van der Waals surface area contributed by atoms with Crippen LogP contribution in [0, 0.1) is 0 Å². The highest BCUT2D eigenvalue weighted by molar-refractivity contribution is 5.95. The molecule has 0 spiro atoms. The first-order valence-corrected chi connectivity index (χ1v) is 12.2. The van der Waals surface area contributed by atoms with Gasteiger partial charge in [-0.1, -0.05) is 36.4 Å². The third-order valence-electron chi connectivity index (χ3n) is 6.88. The molecule has 6 nitrogen and oxygen atoms in total. The predicted molar refractivity (Wildman–Crippen MR) is 142 cm³/mol. The second-order valence-corrected chi connectivity index (χ2v) is 9.42. The van der Waals surface area contributed by atoms with E-state index < -0.39 is 0 Å². The van der Waals surface area contributed by atoms with Gasteiger partial charge in [-0.2, -0.15) is 0 Å². The Balaban J connectivity index is 1.34. The topological polar surface area (TPSA) is 58.7 Å². The minimum absolute atomic E-state index is 0.0447. The Morgan fingerprint density at radius 2 is 1.57 bits per heavy atom. The summed E-state index contributed by atoms with van der Waals surface area (Å²) >= 11 is 0. The molecule has 0 aliphatic carbocycles. The van der Waals surface area contributed by atoms with Crippen LogP contribution in [0.25, 0.3) is 22.0 Å². The summed E-state index contributed by atoms with van der Waals surface area (Å²) in [5.41, 5.74) is 7.51. The highest BCUT2D eigenvalue weighted by Crippen LogP contribution is 2.41. The van der Waals surface area contributed by atoms with E-state index in [9.17, 15) is 0 Å². The molecule has 2 aliphatic heterocycles. The molecule has 3 aromatic carbocycles. The van der Waals surface area contributed by atoms with Crippen molar-refractivity contribution in [3.8, 4) is 16.9 Å². The Bertz CT molecular complexity index is 1340. The summed E-state index contributed by atoms with van der Waals surface area (Å²) in [6, 6.07) is 23.2. The SMILES string of the molecule is COc1c(-c2ccc(N3C[C@@H](C)O[C@@H](C)C3)cc2)cnc2c(C3Nc4ccccc4N3)cccc12. The van der Waals surface area contributed by atoms with Crippen LogP contribution in [0.2, 0.25) is 0 Å². The lowest BCUT2D eigenvalue weighted by Gasteiger charge is -2.36. The van der Waals surface area contributed by atoms with E-state index in [1.807, 2.05) is 18.3 Å². The first-order chi connectivity index (χ1) is 17.1. The van der Waals surface area contributed by atoms with Crippen molar-refractivity contribution >= 4 is 28.0 Å². The normalized spacial score (nSPS) is 19.8. The van der Waals surface area contributed by atoms with E-state index >= 15 is 0 Å². The number of pyridine rings is 1. The zero-order chi connectivity index (χ0) is 23.9. The van der Waals surface area contributed by atoms with Gasteiger partial charge in [-0.3, -0.25) is 4.98 Å². The minimum atomic E-state index is -0.0447. The van der Waals surface area contributed by atoms with Crippen LogP contribution in [0.15, 0.2) is 72.9 Å². The maximum atomic E-state index is 5.96. The maximum absolute atomic E-state index is 5.96. The van der Waals surface area contributed by atoms with Gasteiger partial charge >= 0.3 is 0 Å². The van der Waals surface area contributed by atoms with Gasteiger partial charge in [0.1, 0.15) is 11.9 Å². The second kappa shape index (κ2) is 8.78. The van der Waals surface area contributed by atoms with Crippen LogP contribution in [0.3, 0.4) is 0 Å². The van der Waals surface area contributed by atoms with E-state index in [1.165, 1.54) is 5.69 Å². The second-order valence-electron chi connectivity index (χ2n) is 9.42. The fourth-order valence-corrected chi connectivity index (χ4v) is 5.36. The summed E-state index contributed by atoms with van der Waals surface area (Å²) in [4.78, 5) is 7.31. The molecule has 4 aromatic rings. The number of methoxy groups -OCH3 is 1. The number of rotatable bonds is 4. The molecule has 6 rings (SSSR count). The molecule has 0 radical (unpaired) electrons. The standard InChI is InChI=1S/C29H30N4O2/c1-18-16-33(17-19(2)35-18)21-13-11-20(12-14-21)24-15-30-27-22(28(24)34-3)7-6-8-23(27)29-31-25-9-4-5-10-26(25)32-29/h4-15,18-19,29,31-32H,16-17H2,1-3H3/t18-,19+. The Morgan fingerprint density at radius 1 is 0.886 bits per heavy atom. The van der Waals surface area contributed by atoms with E-state index in [0.29, 0.717) is 0 Å². The quantitative estimate of drug-likeness (QED) is 0.381. The molecule has 178 valence electrons. The number of para-hydroxylation sites is 3. The summed E-state index contributed by atoms with van der Waals surface area (Å²) in [6.07, 6.45) is 2.35. The molecular formula is C29H30N4O2. The molecular weight excluding hydrogens is 436 g/mol. The zero-order valence-electron chi connectivity index (χ0n) is 20.3. The van der Waals surface area contributed by atoms with Crippen LogP contribution in [-0.2, 0) is 4.74 Å². The van der Waals surface area contributed by atoms with E-state index in [2.05, 4.69) is 84.0 Å². The van der Waals surface area contributed by atoms with Gasteiger partial charge in [0.15, 0.2) is 0 Å². The average molecular weight is 467 g/mol. The molecule has 2 atom stereocenters. The Morgan fingerprint density at radius 3 is 2.23 bits per heavy atom. The monoisotopic (exact) mass is 466 g/mol. The van der Waals surface area contributed by atoms with Crippen LogP contribution >= 0.6 is 0 Å². The van der Waals surface area contributed by atoms with Crippen molar-refractivity contribution in [2.24, 2.45) is 0 Å². The molecule has 6 heteroatoms. The first kappa shape index (κ1) is 21.7. The van der Waals surface area contributed by atoms with Gasteiger partial charge in [-0.05, 0) is 49.7 Å². The number of ether oxygens (including phenoxy) is 2. The molecule has 2 N–H and O–H groups in total. The highest BCUT2D eigenvalue weighted by atomic mass is 16.5. The van der Waals surface area contributed by atoms with E-state index in [1.54, 1.807) is 7.11 Å². The summed E-state index contributed by atoms with van der Waals surface area (Å²) in [6.45, 7) is 6.07. The smallest absolute Gasteiger partial charge is 0.137 e. The molecule has 1 aromatic heterocycles. The lowest BCUT2D eigenvalue weighted by atomic mass is 10.0. The van der Waals surface area contributed by atoms with Gasteiger partial charge < -0.3 is 25.0 Å². The fourth-order valence-electron chi connectivity index (χ4n) is 5.36. The fraction of sp³-hybridized carbons (Fsp3) is 0.276. The number of hydrogen-bond donors (Lipinski definition) is 2. The van der Waals surface area contributed by atoms with Gasteiger partial charge in [-0.15, -0.1) is 0 Å². The number of nitrogens with one attached hydrogen (secondary N) is 2. The minimum Gasteiger partial charge on any atom is -0.495 e. The van der Waals surface area contributed by atoms with Crippen molar-refractivity contribution in [1.29, 1.82) is 0 Å². The highest BCUT2D eigenvalue weighted by Gasteiger charge is 2.25. The Kier molecular flexibility index (Phi) is 5.46. The molecule has 2 aliphatic rings. The van der Waals surface area contributed by atoms with Crippen LogP contribution in [0.1, 0.15) is 25.6 Å². The van der Waals surface area contributed by atoms with Crippen molar-refractivity contribution in [3.05, 3.63) is 78.5 Å². The van der Waals surface area contributed by atoms with Crippen molar-refractivity contribution in [3.63, 3.8) is 0 Å². The summed E-state index contributed by atoms with van der Waals surface area (Å²) in [7, 11) is 1.73. The van der Waals surface area contributed by atoms with E-state index in [4.69, 9.17) is 14.5 Å². The van der Waals surface area contributed by atoms with Gasteiger partial charge in [0.25, 0.3) is 0 Å². The van der Waals surface area contributed by atoms with Crippen molar-refractivity contribution in [2.75, 3.05) is 35.7 Å². The predicted octanol–water partition coefficient (Wildman–Crippen LogP) is 6.06. The first-order valence-electron chi connectivity index (χ1n) is 12.2. The summed E-state index contributed by atoms with van der Waals surface area (Å²) in [5.74, 6) is 0.841. The van der Waals surface area contributed by atoms with Crippen LogP contribution in [-0.4, -0.2) is 37.4 Å². The van der Waals surface area contributed by atoms with Crippen LogP contribution < -0.4 is 20.3 Å². The lowest BCUT2D eigenvalue weighted by molar-refractivity contribution is -0.00521. The molecule has 3 heterocycles. The number of morpholine rings is 1. The number of benzene rings is 3. The summed E-state index contributed by atoms with van der Waals surface area (Å²) in [5, 5.41) is 8.13. The van der Waals surface area contributed by atoms with Gasteiger partial charge in [0, 0.05) is 41.5 Å². The number of aromatic nitrogens is 1. The van der Waals surface area contributed by atoms with Gasteiger partial charge in [0.2, 0.25) is 0 Å². The molecule has 1 fully saturated rings. The molecule has 0 bridgehead atoms. The van der Waals surface area contributed by atoms with Crippen molar-refractivity contribution < 1.29 is 9.47 Å². The largest absolute Gasteiger partial charge is 0.495 e. The van der Waals surface area contributed by atoms with Crippen LogP contribution in [0.4, 0.5) is 17.1 Å². The van der Waals surface area contributed by atoms with Crippen LogP contribution in [0.5, 0.6) is 5.75 Å². The molecule has 0 amide bonds. The number of nitrogens with zero attached hydrogens (tertiary/aromatic N) is 2. The number of anilines is 3. The maximum Gasteiger partial charge on any atom is 0.137 e. The van der Waals surface area contributed by atoms with Crippen molar-refractivity contribution in [1.82, 2.24) is 4.98 Å². The Hall–Kier alpha value is -3.77.